The van der Waals surface area contributed by atoms with Crippen LogP contribution in [-0.2, 0) is 9.53 Å². The summed E-state index contributed by atoms with van der Waals surface area (Å²) in [5.74, 6) is 0.0474. The van der Waals surface area contributed by atoms with E-state index in [1.54, 1.807) is 0 Å². The maximum absolute atomic E-state index is 12.1. The third-order valence-corrected chi connectivity index (χ3v) is 5.84. The lowest BCUT2D eigenvalue weighted by Gasteiger charge is -2.12. The summed E-state index contributed by atoms with van der Waals surface area (Å²) >= 11 is 1.50. The number of aromatic nitrogens is 1. The lowest BCUT2D eigenvalue weighted by molar-refractivity contribution is -0.624. The van der Waals surface area contributed by atoms with Crippen molar-refractivity contribution in [2.45, 2.75) is 11.9 Å². The number of carbonyl (C=O) groups excluding carboxylic acids is 1. The molecule has 0 aliphatic carbocycles. The summed E-state index contributed by atoms with van der Waals surface area (Å²) in [5.41, 5.74) is 5.48. The van der Waals surface area contributed by atoms with Crippen LogP contribution >= 0.6 is 11.8 Å². The molecule has 1 aromatic heterocycles. The number of ether oxygens (including phenoxy) is 1. The summed E-state index contributed by atoms with van der Waals surface area (Å²) in [4.78, 5) is 12.1. The Morgan fingerprint density at radius 1 is 0.774 bits per heavy atom. The average molecular weight is 427 g/mol. The number of hydrogen-bond donors (Lipinski definition) is 0. The van der Waals surface area contributed by atoms with Gasteiger partial charge in [-0.2, -0.15) is 0 Å². The molecule has 4 heteroatoms. The molecule has 0 spiro atoms. The highest BCUT2D eigenvalue weighted by Gasteiger charge is 2.24. The van der Waals surface area contributed by atoms with E-state index < -0.39 is 0 Å². The molecule has 0 N–H and O–H groups in total. The monoisotopic (exact) mass is 426 g/mol. The van der Waals surface area contributed by atoms with Crippen LogP contribution in [0.4, 0.5) is 0 Å². The topological polar surface area (TPSA) is 30.2 Å². The molecule has 0 atom stereocenters. The summed E-state index contributed by atoms with van der Waals surface area (Å²) in [6, 6.07) is 35.3. The van der Waals surface area contributed by atoms with Gasteiger partial charge in [-0.05, 0) is 41.9 Å². The summed E-state index contributed by atoms with van der Waals surface area (Å²) in [6.45, 7) is 2.22. The molecule has 0 radical (unpaired) electrons. The number of hydrogen-bond acceptors (Lipinski definition) is 3. The molecule has 0 unspecified atom stereocenters. The number of nitrogens with zero attached hydrogens (tertiary/aromatic N) is 1. The van der Waals surface area contributed by atoms with Gasteiger partial charge in [0.15, 0.2) is 0 Å². The Kier molecular flexibility index (Phi) is 6.80. The first-order valence-electron chi connectivity index (χ1n) is 10.3. The van der Waals surface area contributed by atoms with Crippen LogP contribution in [0.15, 0.2) is 108 Å². The number of carbonyl (C=O) groups is 1. The van der Waals surface area contributed by atoms with Gasteiger partial charge in [-0.1, -0.05) is 66.7 Å². The van der Waals surface area contributed by atoms with Crippen molar-refractivity contribution < 1.29 is 14.1 Å². The molecule has 3 nitrogen and oxygen atoms in total. The van der Waals surface area contributed by atoms with E-state index in [0.29, 0.717) is 6.61 Å². The Bertz CT molecular complexity index is 1150. The van der Waals surface area contributed by atoms with Crippen molar-refractivity contribution in [3.63, 3.8) is 0 Å². The van der Waals surface area contributed by atoms with Gasteiger partial charge in [0, 0.05) is 29.8 Å². The van der Waals surface area contributed by atoms with Crippen molar-refractivity contribution in [2.75, 3.05) is 12.4 Å². The van der Waals surface area contributed by atoms with Crippen LogP contribution in [0.1, 0.15) is 6.92 Å². The molecule has 31 heavy (non-hydrogen) atoms. The van der Waals surface area contributed by atoms with E-state index in [9.17, 15) is 4.79 Å². The molecule has 0 saturated carbocycles. The van der Waals surface area contributed by atoms with Gasteiger partial charge in [0.2, 0.25) is 16.4 Å². The third kappa shape index (κ3) is 5.04. The van der Waals surface area contributed by atoms with Gasteiger partial charge in [-0.25, -0.2) is 0 Å². The van der Waals surface area contributed by atoms with Crippen LogP contribution < -0.4 is 4.57 Å². The predicted molar refractivity (Wildman–Crippen MR) is 126 cm³/mol. The van der Waals surface area contributed by atoms with Crippen LogP contribution in [0, 0.1) is 0 Å². The van der Waals surface area contributed by atoms with E-state index in [-0.39, 0.29) is 11.7 Å². The second kappa shape index (κ2) is 10.1. The minimum atomic E-state index is -0.210. The van der Waals surface area contributed by atoms with Crippen LogP contribution in [-0.4, -0.2) is 18.3 Å². The molecule has 0 saturated heterocycles. The number of rotatable bonds is 7. The third-order valence-electron chi connectivity index (χ3n) is 4.87. The number of esters is 1. The normalized spacial score (nSPS) is 10.6. The van der Waals surface area contributed by atoms with Gasteiger partial charge in [-0.15, -0.1) is 4.57 Å². The number of para-hydroxylation sites is 1. The average Bonchev–Trinajstić information content (AvgIpc) is 2.84. The summed E-state index contributed by atoms with van der Waals surface area (Å²) in [7, 11) is 0. The summed E-state index contributed by atoms with van der Waals surface area (Å²) in [6.07, 6.45) is 0. The second-order valence-electron chi connectivity index (χ2n) is 6.96. The molecule has 0 aliphatic rings. The number of benzene rings is 3. The molecular formula is C27H24NO2S+. The Balaban J connectivity index is 1.92. The first-order valence-corrected chi connectivity index (χ1v) is 11.3. The van der Waals surface area contributed by atoms with E-state index in [4.69, 9.17) is 4.74 Å². The van der Waals surface area contributed by atoms with Gasteiger partial charge >= 0.3 is 5.97 Å². The Labute approximate surface area is 187 Å². The molecule has 0 fully saturated rings. The highest BCUT2D eigenvalue weighted by molar-refractivity contribution is 7.99. The van der Waals surface area contributed by atoms with E-state index in [0.717, 1.165) is 33.1 Å². The van der Waals surface area contributed by atoms with Crippen molar-refractivity contribution in [3.05, 3.63) is 103 Å². The van der Waals surface area contributed by atoms with Crippen LogP contribution in [0.5, 0.6) is 0 Å². The largest absolute Gasteiger partial charge is 0.465 e. The maximum atomic E-state index is 12.1. The Morgan fingerprint density at radius 3 is 1.97 bits per heavy atom. The molecule has 154 valence electrons. The minimum Gasteiger partial charge on any atom is -0.465 e. The van der Waals surface area contributed by atoms with E-state index in [1.807, 2.05) is 61.5 Å². The van der Waals surface area contributed by atoms with Gasteiger partial charge < -0.3 is 4.74 Å². The lowest BCUT2D eigenvalue weighted by Crippen LogP contribution is -2.36. The summed E-state index contributed by atoms with van der Waals surface area (Å²) in [5, 5.41) is 0.986. The van der Waals surface area contributed by atoms with Crippen molar-refractivity contribution in [2.24, 2.45) is 0 Å². The van der Waals surface area contributed by atoms with Gasteiger partial charge in [0.1, 0.15) is 5.75 Å². The molecule has 1 heterocycles. The second-order valence-corrected chi connectivity index (χ2v) is 7.96. The SMILES string of the molecule is CCOC(=O)CSc1cc(-c2ccccc2)cc(-c2ccccc2)[n+]1-c1ccccc1. The fraction of sp³-hybridized carbons (Fsp3) is 0.111. The Morgan fingerprint density at radius 2 is 1.35 bits per heavy atom. The molecule has 3 aromatic carbocycles. The first-order chi connectivity index (χ1) is 15.3. The molecule has 4 aromatic rings. The van der Waals surface area contributed by atoms with Crippen LogP contribution in [0.3, 0.4) is 0 Å². The van der Waals surface area contributed by atoms with Crippen molar-refractivity contribution in [1.29, 1.82) is 0 Å². The van der Waals surface area contributed by atoms with Gasteiger partial charge in [-0.3, -0.25) is 4.79 Å². The van der Waals surface area contributed by atoms with Crippen LogP contribution in [0.2, 0.25) is 0 Å². The number of pyridine rings is 1. The van der Waals surface area contributed by atoms with Crippen molar-refractivity contribution >= 4 is 17.7 Å². The smallest absolute Gasteiger partial charge is 0.316 e. The zero-order chi connectivity index (χ0) is 21.5. The molecule has 0 amide bonds. The first kappa shape index (κ1) is 20.9. The van der Waals surface area contributed by atoms with Gasteiger partial charge in [0.05, 0.1) is 6.61 Å². The fourth-order valence-electron chi connectivity index (χ4n) is 3.47. The summed E-state index contributed by atoms with van der Waals surface area (Å²) < 4.78 is 7.38. The standard InChI is InChI=1S/C27H24NO2S/c1-2-30-27(29)20-31-26-19-23(21-12-6-3-7-13-21)18-25(22-14-8-4-9-15-22)28(26)24-16-10-5-11-17-24/h3-19H,2,20H2,1H3/q+1. The van der Waals surface area contributed by atoms with E-state index in [2.05, 4.69) is 53.1 Å². The molecule has 4 rings (SSSR count). The highest BCUT2D eigenvalue weighted by atomic mass is 32.2. The fourth-order valence-corrected chi connectivity index (χ4v) is 4.37. The van der Waals surface area contributed by atoms with E-state index >= 15 is 0 Å². The molecule has 0 aliphatic heterocycles. The molecule has 0 bridgehead atoms. The minimum absolute atomic E-state index is 0.210. The highest BCUT2D eigenvalue weighted by Crippen LogP contribution is 2.30. The number of thioether (sulfide) groups is 1. The quantitative estimate of drug-likeness (QED) is 0.208. The van der Waals surface area contributed by atoms with E-state index in [1.165, 1.54) is 11.8 Å². The van der Waals surface area contributed by atoms with Crippen molar-refractivity contribution in [3.8, 4) is 28.1 Å². The van der Waals surface area contributed by atoms with Crippen molar-refractivity contribution in [1.82, 2.24) is 0 Å². The van der Waals surface area contributed by atoms with Gasteiger partial charge in [0.25, 0.3) is 0 Å². The van der Waals surface area contributed by atoms with Crippen LogP contribution in [0.25, 0.3) is 28.1 Å². The predicted octanol–water partition coefficient (Wildman–Crippen LogP) is 5.95. The lowest BCUT2D eigenvalue weighted by atomic mass is 10.0. The zero-order valence-electron chi connectivity index (χ0n) is 17.4. The zero-order valence-corrected chi connectivity index (χ0v) is 18.2. The Hall–Kier alpha value is -3.37. The molecular weight excluding hydrogens is 402 g/mol. The maximum Gasteiger partial charge on any atom is 0.316 e.